The second-order valence-electron chi connectivity index (χ2n) is 1.68. The maximum Gasteiger partial charge on any atom is 0.137 e. The molecular weight excluding hydrogens is 127 g/mol. The lowest BCUT2D eigenvalue weighted by Gasteiger charge is -1.99. The van der Waals surface area contributed by atoms with Crippen molar-refractivity contribution in [2.24, 2.45) is 0 Å². The van der Waals surface area contributed by atoms with Crippen LogP contribution >= 0.6 is 11.6 Å². The van der Waals surface area contributed by atoms with E-state index in [-0.39, 0.29) is 10.9 Å². The minimum atomic E-state index is -0.280. The zero-order valence-electron chi connectivity index (χ0n) is 4.32. The molecule has 0 radical (unpaired) electrons. The van der Waals surface area contributed by atoms with Gasteiger partial charge in [0.05, 0.1) is 5.03 Å². The van der Waals surface area contributed by atoms with Crippen LogP contribution in [0.1, 0.15) is 12.8 Å². The van der Waals surface area contributed by atoms with Crippen molar-refractivity contribution < 1.29 is 4.39 Å². The maximum atomic E-state index is 12.2. The second kappa shape index (κ2) is 2.31. The van der Waals surface area contributed by atoms with Crippen molar-refractivity contribution in [1.82, 2.24) is 0 Å². The Bertz CT molecular complexity index is 129. The highest BCUT2D eigenvalue weighted by Crippen LogP contribution is 2.22. The summed E-state index contributed by atoms with van der Waals surface area (Å²) in [7, 11) is 0. The summed E-state index contributed by atoms with van der Waals surface area (Å²) in [5, 5.41) is 0.260. The molecule has 0 amide bonds. The average Bonchev–Trinajstić information content (AvgIpc) is 1.77. The van der Waals surface area contributed by atoms with Crippen LogP contribution < -0.4 is 0 Å². The quantitative estimate of drug-likeness (QED) is 0.476. The number of hydrogen-bond donors (Lipinski definition) is 0. The molecule has 0 saturated carbocycles. The van der Waals surface area contributed by atoms with Gasteiger partial charge in [0.2, 0.25) is 0 Å². The summed E-state index contributed by atoms with van der Waals surface area (Å²) < 4.78 is 12.2. The predicted molar refractivity (Wildman–Crippen MR) is 32.4 cm³/mol. The number of halogens is 2. The number of allylic oxidation sites excluding steroid dienone is 4. The first-order valence-corrected chi connectivity index (χ1v) is 2.90. The van der Waals surface area contributed by atoms with Crippen molar-refractivity contribution in [3.63, 3.8) is 0 Å². The molecule has 0 fully saturated rings. The van der Waals surface area contributed by atoms with Crippen molar-refractivity contribution in [3.8, 4) is 0 Å². The van der Waals surface area contributed by atoms with E-state index < -0.39 is 0 Å². The lowest BCUT2D eigenvalue weighted by Crippen LogP contribution is -1.81. The zero-order valence-corrected chi connectivity index (χ0v) is 5.08. The average molecular weight is 133 g/mol. The van der Waals surface area contributed by atoms with Crippen molar-refractivity contribution in [2.75, 3.05) is 0 Å². The van der Waals surface area contributed by atoms with Crippen molar-refractivity contribution in [3.05, 3.63) is 23.0 Å². The fraction of sp³-hybridized carbons (Fsp3) is 0.333. The van der Waals surface area contributed by atoms with Gasteiger partial charge in [-0.1, -0.05) is 17.7 Å². The second-order valence-corrected chi connectivity index (χ2v) is 2.09. The van der Waals surface area contributed by atoms with Gasteiger partial charge in [0.25, 0.3) is 0 Å². The third kappa shape index (κ3) is 1.10. The molecule has 0 heterocycles. The summed E-state index contributed by atoms with van der Waals surface area (Å²) in [4.78, 5) is 0. The Morgan fingerprint density at radius 3 is 2.38 bits per heavy atom. The van der Waals surface area contributed by atoms with Crippen LogP contribution in [0.4, 0.5) is 4.39 Å². The molecule has 0 bridgehead atoms. The van der Waals surface area contributed by atoms with E-state index in [9.17, 15) is 4.39 Å². The van der Waals surface area contributed by atoms with Gasteiger partial charge in [-0.2, -0.15) is 0 Å². The third-order valence-electron chi connectivity index (χ3n) is 1.04. The lowest BCUT2D eigenvalue weighted by atomic mass is 10.2. The first kappa shape index (κ1) is 5.83. The minimum absolute atomic E-state index is 0.260. The van der Waals surface area contributed by atoms with Gasteiger partial charge in [0.15, 0.2) is 0 Å². The van der Waals surface area contributed by atoms with Gasteiger partial charge < -0.3 is 0 Å². The fourth-order valence-electron chi connectivity index (χ4n) is 0.615. The molecule has 1 aliphatic carbocycles. The molecule has 0 atom stereocenters. The molecule has 1 aliphatic rings. The molecule has 8 heavy (non-hydrogen) atoms. The molecule has 0 spiro atoms. The maximum absolute atomic E-state index is 12.2. The highest BCUT2D eigenvalue weighted by molar-refractivity contribution is 6.31. The summed E-state index contributed by atoms with van der Waals surface area (Å²) in [5.41, 5.74) is 0. The third-order valence-corrected chi connectivity index (χ3v) is 1.38. The standard InChI is InChI=1S/C6H6ClF/c7-5-3-1-2-4-6(5)8/h3-4H,1-2H2. The molecule has 0 aliphatic heterocycles. The van der Waals surface area contributed by atoms with Crippen LogP contribution in [0.15, 0.2) is 23.0 Å². The van der Waals surface area contributed by atoms with Crippen LogP contribution in [0.3, 0.4) is 0 Å². The van der Waals surface area contributed by atoms with E-state index in [0.29, 0.717) is 0 Å². The van der Waals surface area contributed by atoms with E-state index >= 15 is 0 Å². The monoisotopic (exact) mass is 132 g/mol. The molecule has 0 saturated heterocycles. The van der Waals surface area contributed by atoms with Gasteiger partial charge in [-0.15, -0.1) is 0 Å². The number of rotatable bonds is 0. The normalized spacial score (nSPS) is 19.8. The summed E-state index contributed by atoms with van der Waals surface area (Å²) in [6.45, 7) is 0. The molecule has 0 nitrogen and oxygen atoms in total. The Kier molecular flexibility index (Phi) is 1.69. The number of hydrogen-bond acceptors (Lipinski definition) is 0. The highest BCUT2D eigenvalue weighted by atomic mass is 35.5. The molecule has 1 rings (SSSR count). The van der Waals surface area contributed by atoms with Gasteiger partial charge in [-0.25, -0.2) is 4.39 Å². The smallest absolute Gasteiger partial charge is 0.137 e. The van der Waals surface area contributed by atoms with Crippen molar-refractivity contribution >= 4 is 11.6 Å². The van der Waals surface area contributed by atoms with Crippen LogP contribution in [-0.2, 0) is 0 Å². The van der Waals surface area contributed by atoms with E-state index in [4.69, 9.17) is 11.6 Å². The van der Waals surface area contributed by atoms with E-state index in [2.05, 4.69) is 0 Å². The summed E-state index contributed by atoms with van der Waals surface area (Å²) in [6.07, 6.45) is 4.84. The van der Waals surface area contributed by atoms with Crippen LogP contribution in [0, 0.1) is 0 Å². The Morgan fingerprint density at radius 2 is 2.00 bits per heavy atom. The van der Waals surface area contributed by atoms with Crippen molar-refractivity contribution in [2.45, 2.75) is 12.8 Å². The zero-order chi connectivity index (χ0) is 5.98. The Balaban J connectivity index is 2.73. The van der Waals surface area contributed by atoms with Gasteiger partial charge in [-0.05, 0) is 18.9 Å². The molecular formula is C6H6ClF. The van der Waals surface area contributed by atoms with Crippen LogP contribution in [0.25, 0.3) is 0 Å². The first-order chi connectivity index (χ1) is 3.80. The van der Waals surface area contributed by atoms with Crippen LogP contribution in [-0.4, -0.2) is 0 Å². The Labute approximate surface area is 52.6 Å². The SMILES string of the molecule is FC1=CCCC=C1Cl. The Morgan fingerprint density at radius 1 is 1.38 bits per heavy atom. The van der Waals surface area contributed by atoms with E-state index in [1.807, 2.05) is 0 Å². The van der Waals surface area contributed by atoms with Gasteiger partial charge in [0, 0.05) is 0 Å². The fourth-order valence-corrected chi connectivity index (χ4v) is 0.801. The van der Waals surface area contributed by atoms with E-state index in [0.717, 1.165) is 12.8 Å². The molecule has 0 aromatic rings. The summed E-state index contributed by atoms with van der Waals surface area (Å²) >= 11 is 5.38. The highest BCUT2D eigenvalue weighted by Gasteiger charge is 2.02. The predicted octanol–water partition coefficient (Wildman–Crippen LogP) is 2.76. The first-order valence-electron chi connectivity index (χ1n) is 2.52. The molecule has 44 valence electrons. The van der Waals surface area contributed by atoms with Gasteiger partial charge in [0.1, 0.15) is 5.83 Å². The Hall–Kier alpha value is -0.300. The summed E-state index contributed by atoms with van der Waals surface area (Å²) in [6, 6.07) is 0. The van der Waals surface area contributed by atoms with E-state index in [1.165, 1.54) is 6.08 Å². The van der Waals surface area contributed by atoms with Gasteiger partial charge >= 0.3 is 0 Å². The topological polar surface area (TPSA) is 0 Å². The van der Waals surface area contributed by atoms with Crippen LogP contribution in [0.2, 0.25) is 0 Å². The molecule has 0 aromatic heterocycles. The molecule has 0 N–H and O–H groups in total. The largest absolute Gasteiger partial charge is 0.206 e. The van der Waals surface area contributed by atoms with E-state index in [1.54, 1.807) is 6.08 Å². The molecule has 0 aromatic carbocycles. The van der Waals surface area contributed by atoms with Crippen molar-refractivity contribution in [1.29, 1.82) is 0 Å². The lowest BCUT2D eigenvalue weighted by molar-refractivity contribution is 0.647. The summed E-state index contributed by atoms with van der Waals surface area (Å²) in [5.74, 6) is -0.280. The van der Waals surface area contributed by atoms with Gasteiger partial charge in [-0.3, -0.25) is 0 Å². The molecule has 2 heteroatoms. The minimum Gasteiger partial charge on any atom is -0.206 e. The van der Waals surface area contributed by atoms with Crippen LogP contribution in [0.5, 0.6) is 0 Å². The molecule has 0 unspecified atom stereocenters.